The molecule has 1 heterocycles. The lowest BCUT2D eigenvalue weighted by molar-refractivity contribution is -0.148. The summed E-state index contributed by atoms with van der Waals surface area (Å²) in [6.07, 6.45) is 14.3. The van der Waals surface area contributed by atoms with E-state index in [4.69, 9.17) is 4.74 Å². The number of fused-ring (bicyclic) bond motifs is 7. The Hall–Kier alpha value is -3.15. The van der Waals surface area contributed by atoms with Crippen LogP contribution in [0.3, 0.4) is 0 Å². The maximum absolute atomic E-state index is 15.1. The molecule has 1 saturated heterocycles. The van der Waals surface area contributed by atoms with Crippen LogP contribution in [-0.4, -0.2) is 34.3 Å². The molecule has 4 aliphatic carbocycles. The van der Waals surface area contributed by atoms with Gasteiger partial charge in [0.1, 0.15) is 11.3 Å². The van der Waals surface area contributed by atoms with E-state index in [9.17, 15) is 9.59 Å². The molecular weight excluding hydrogens is 608 g/mol. The van der Waals surface area contributed by atoms with Crippen molar-refractivity contribution in [1.29, 1.82) is 0 Å². The van der Waals surface area contributed by atoms with E-state index >= 15 is 4.79 Å². The number of nitrogens with zero attached hydrogens (tertiary/aromatic N) is 1. The molecule has 7 rings (SSSR count). The van der Waals surface area contributed by atoms with Gasteiger partial charge in [-0.05, 0) is 134 Å². The predicted octanol–water partition coefficient (Wildman–Crippen LogP) is 9.20. The van der Waals surface area contributed by atoms with Crippen molar-refractivity contribution in [2.75, 3.05) is 5.32 Å². The van der Waals surface area contributed by atoms with E-state index in [2.05, 4.69) is 70.3 Å². The molecule has 5 aliphatic rings. The zero-order valence-corrected chi connectivity index (χ0v) is 30.9. The molecule has 2 aromatic carbocycles. The first-order chi connectivity index (χ1) is 23.5. The molecule has 1 spiro atoms. The third-order valence-electron chi connectivity index (χ3n) is 14.2. The van der Waals surface area contributed by atoms with Gasteiger partial charge in [-0.2, -0.15) is 0 Å². The molecule has 2 aromatic rings. The van der Waals surface area contributed by atoms with Crippen molar-refractivity contribution in [2.45, 2.75) is 160 Å². The lowest BCUT2D eigenvalue weighted by Crippen LogP contribution is -2.56. The standard InChI is InChI=1S/C43H58N2O4/c1-7-10-13-31(8-2)49-32-19-15-29-16-20-35-40(4,34(29)27-32)22-11-24-42(35,6)38(47)45-39(48)43(45)25-12-23-41(5)33-26-30(44-37(46)9-3)18-14-28(33)17-21-36(41)43/h14-15,18-19,26-27,31,35-36H,7-13,16-17,20-25H2,1-6H3,(H,44,46)/t31?,35-,36?,40-,41-,42+,43-,45?/m1/s1. The van der Waals surface area contributed by atoms with E-state index < -0.39 is 11.0 Å². The minimum atomic E-state index is -0.706. The van der Waals surface area contributed by atoms with Crippen LogP contribution in [0.25, 0.3) is 0 Å². The second-order valence-corrected chi connectivity index (χ2v) is 16.9. The van der Waals surface area contributed by atoms with Gasteiger partial charge in [-0.3, -0.25) is 19.3 Å². The van der Waals surface area contributed by atoms with E-state index in [1.165, 1.54) is 35.1 Å². The zero-order chi connectivity index (χ0) is 34.8. The average molecular weight is 667 g/mol. The molecule has 3 amide bonds. The molecule has 6 nitrogen and oxygen atoms in total. The van der Waals surface area contributed by atoms with E-state index in [-0.39, 0.29) is 46.5 Å². The molecule has 2 unspecified atom stereocenters. The fraction of sp³-hybridized carbons (Fsp3) is 0.651. The second kappa shape index (κ2) is 12.6. The van der Waals surface area contributed by atoms with Gasteiger partial charge in [0.2, 0.25) is 11.8 Å². The second-order valence-electron chi connectivity index (χ2n) is 16.9. The highest BCUT2D eigenvalue weighted by Crippen LogP contribution is 2.65. The number of aryl methyl sites for hydroxylation is 2. The van der Waals surface area contributed by atoms with Crippen molar-refractivity contribution in [3.8, 4) is 5.75 Å². The van der Waals surface area contributed by atoms with Crippen molar-refractivity contribution >= 4 is 23.4 Å². The molecule has 2 saturated carbocycles. The van der Waals surface area contributed by atoms with Crippen LogP contribution in [0, 0.1) is 17.3 Å². The number of hydrogen-bond donors (Lipinski definition) is 1. The Morgan fingerprint density at radius 1 is 0.878 bits per heavy atom. The van der Waals surface area contributed by atoms with Crippen LogP contribution in [0.15, 0.2) is 36.4 Å². The Labute approximate surface area is 294 Å². The number of anilines is 1. The number of hydrogen-bond acceptors (Lipinski definition) is 4. The van der Waals surface area contributed by atoms with Gasteiger partial charge in [-0.1, -0.05) is 72.9 Å². The third kappa shape index (κ3) is 5.28. The average Bonchev–Trinajstić information content (AvgIpc) is 3.67. The minimum absolute atomic E-state index is 0.00524. The van der Waals surface area contributed by atoms with Crippen LogP contribution < -0.4 is 10.1 Å². The van der Waals surface area contributed by atoms with Crippen LogP contribution in [0.2, 0.25) is 0 Å². The molecular formula is C43H58N2O4. The molecule has 6 heteroatoms. The van der Waals surface area contributed by atoms with Gasteiger partial charge < -0.3 is 10.1 Å². The molecule has 7 atom stereocenters. The highest BCUT2D eigenvalue weighted by Gasteiger charge is 2.75. The topological polar surface area (TPSA) is 75.5 Å². The summed E-state index contributed by atoms with van der Waals surface area (Å²) in [6.45, 7) is 13.2. The summed E-state index contributed by atoms with van der Waals surface area (Å²) in [5.74, 6) is 1.35. The summed E-state index contributed by atoms with van der Waals surface area (Å²) in [5, 5.41) is 3.06. The van der Waals surface area contributed by atoms with E-state index in [1.807, 2.05) is 13.0 Å². The van der Waals surface area contributed by atoms with Gasteiger partial charge in [-0.15, -0.1) is 0 Å². The van der Waals surface area contributed by atoms with Gasteiger partial charge >= 0.3 is 0 Å². The molecule has 49 heavy (non-hydrogen) atoms. The highest BCUT2D eigenvalue weighted by molar-refractivity contribution is 6.17. The summed E-state index contributed by atoms with van der Waals surface area (Å²) in [5.41, 5.74) is 4.48. The lowest BCUT2D eigenvalue weighted by Gasteiger charge is -2.55. The summed E-state index contributed by atoms with van der Waals surface area (Å²) in [4.78, 5) is 43.4. The van der Waals surface area contributed by atoms with Gasteiger partial charge in [0.15, 0.2) is 0 Å². The Bertz CT molecular complexity index is 1650. The molecule has 1 N–H and O–H groups in total. The lowest BCUT2D eigenvalue weighted by atomic mass is 9.49. The number of carbonyl (C=O) groups is 3. The first kappa shape index (κ1) is 34.3. The summed E-state index contributed by atoms with van der Waals surface area (Å²) >= 11 is 0. The summed E-state index contributed by atoms with van der Waals surface area (Å²) in [7, 11) is 0. The first-order valence-corrected chi connectivity index (χ1v) is 19.6. The number of carbonyl (C=O) groups excluding carboxylic acids is 3. The Morgan fingerprint density at radius 2 is 1.53 bits per heavy atom. The molecule has 1 aliphatic heterocycles. The van der Waals surface area contributed by atoms with Crippen molar-refractivity contribution < 1.29 is 19.1 Å². The molecule has 264 valence electrons. The highest BCUT2D eigenvalue weighted by atomic mass is 16.5. The Morgan fingerprint density at radius 3 is 2.22 bits per heavy atom. The third-order valence-corrected chi connectivity index (χ3v) is 14.2. The van der Waals surface area contributed by atoms with E-state index in [0.29, 0.717) is 6.42 Å². The van der Waals surface area contributed by atoms with Gasteiger partial charge in [0.05, 0.1) is 11.5 Å². The maximum atomic E-state index is 15.1. The van der Waals surface area contributed by atoms with Crippen LogP contribution in [-0.2, 0) is 38.1 Å². The monoisotopic (exact) mass is 666 g/mol. The van der Waals surface area contributed by atoms with Crippen molar-refractivity contribution in [3.63, 3.8) is 0 Å². The fourth-order valence-corrected chi connectivity index (χ4v) is 11.5. The van der Waals surface area contributed by atoms with Crippen molar-refractivity contribution in [1.82, 2.24) is 4.90 Å². The van der Waals surface area contributed by atoms with Crippen LogP contribution in [0.5, 0.6) is 5.75 Å². The van der Waals surface area contributed by atoms with E-state index in [1.54, 1.807) is 4.90 Å². The molecule has 0 aromatic heterocycles. The normalized spacial score (nSPS) is 33.5. The largest absolute Gasteiger partial charge is 0.490 e. The minimum Gasteiger partial charge on any atom is -0.490 e. The van der Waals surface area contributed by atoms with Gasteiger partial charge in [0.25, 0.3) is 5.91 Å². The quantitative estimate of drug-likeness (QED) is 0.214. The smallest absolute Gasteiger partial charge is 0.256 e. The summed E-state index contributed by atoms with van der Waals surface area (Å²) < 4.78 is 6.57. The fourth-order valence-electron chi connectivity index (χ4n) is 11.5. The predicted molar refractivity (Wildman–Crippen MR) is 195 cm³/mol. The van der Waals surface area contributed by atoms with E-state index in [0.717, 1.165) is 88.5 Å². The number of ether oxygens (including phenoxy) is 1. The number of rotatable bonds is 9. The Balaban J connectivity index is 1.17. The number of nitrogens with one attached hydrogen (secondary N) is 1. The van der Waals surface area contributed by atoms with Crippen LogP contribution in [0.4, 0.5) is 5.69 Å². The number of amides is 3. The van der Waals surface area contributed by atoms with Crippen molar-refractivity contribution in [3.05, 3.63) is 58.7 Å². The Kier molecular flexibility index (Phi) is 8.80. The van der Waals surface area contributed by atoms with Crippen molar-refractivity contribution in [2.24, 2.45) is 17.3 Å². The zero-order valence-electron chi connectivity index (χ0n) is 30.9. The first-order valence-electron chi connectivity index (χ1n) is 19.6. The SMILES string of the molecule is CCCCC(CC)Oc1ccc2c(c1)[C@@]1(C)CCC[C@](C)(C(=O)N3C(=O)[C@]34CCC[C@]3(C)c5cc(NC(=O)CC)ccc5CCC43)[C@@H]1CC2. The number of imide groups is 1. The van der Waals surface area contributed by atoms with Crippen LogP contribution in [0.1, 0.15) is 147 Å². The summed E-state index contributed by atoms with van der Waals surface area (Å²) in [6, 6.07) is 13.1. The molecule has 0 radical (unpaired) electrons. The molecule has 3 fully saturated rings. The van der Waals surface area contributed by atoms with Gasteiger partial charge in [0, 0.05) is 18.0 Å². The number of unbranched alkanes of at least 4 members (excludes halogenated alkanes) is 1. The van der Waals surface area contributed by atoms with Gasteiger partial charge in [-0.25, -0.2) is 0 Å². The van der Waals surface area contributed by atoms with Crippen LogP contribution >= 0.6 is 0 Å². The maximum Gasteiger partial charge on any atom is 0.256 e. The number of benzene rings is 2. The molecule has 0 bridgehead atoms.